The zero-order valence-electron chi connectivity index (χ0n) is 18.7. The van der Waals surface area contributed by atoms with Crippen molar-refractivity contribution in [2.45, 2.75) is 4.90 Å². The largest absolute Gasteiger partial charge is 0.322 e. The number of amides is 1. The summed E-state index contributed by atoms with van der Waals surface area (Å²) in [7, 11) is -3.84. The summed E-state index contributed by atoms with van der Waals surface area (Å²) in [5, 5.41) is 13.9. The van der Waals surface area contributed by atoms with Crippen molar-refractivity contribution in [2.24, 2.45) is 0 Å². The standard InChI is InChI=1S/C26H20N4O5S/c31-26(25(20-7-2-1-3-8-20)17-19-6-4-10-23(16-19)30(32)33)28-21-11-13-24(14-12-21)36(34,35)29-22-9-5-15-27-18-22/h1-18,29H,(H,28,31)/b25-17+. The van der Waals surface area contributed by atoms with Crippen LogP contribution in [0.3, 0.4) is 0 Å². The highest BCUT2D eigenvalue weighted by atomic mass is 32.2. The SMILES string of the molecule is O=C(Nc1ccc(S(=O)(=O)Nc2cccnc2)cc1)/C(=C/c1cccc([N+](=O)[O-])c1)c1ccccc1. The lowest BCUT2D eigenvalue weighted by Crippen LogP contribution is -2.15. The Morgan fingerprint density at radius 2 is 1.64 bits per heavy atom. The van der Waals surface area contributed by atoms with E-state index in [9.17, 15) is 23.3 Å². The van der Waals surface area contributed by atoms with Gasteiger partial charge in [-0.1, -0.05) is 42.5 Å². The average Bonchev–Trinajstić information content (AvgIpc) is 2.88. The van der Waals surface area contributed by atoms with E-state index in [-0.39, 0.29) is 16.2 Å². The van der Waals surface area contributed by atoms with E-state index in [2.05, 4.69) is 15.0 Å². The van der Waals surface area contributed by atoms with E-state index in [4.69, 9.17) is 0 Å². The lowest BCUT2D eigenvalue weighted by Gasteiger charge is -2.11. The van der Waals surface area contributed by atoms with Crippen LogP contribution >= 0.6 is 0 Å². The Morgan fingerprint density at radius 1 is 0.889 bits per heavy atom. The van der Waals surface area contributed by atoms with Crippen molar-refractivity contribution in [3.63, 3.8) is 0 Å². The van der Waals surface area contributed by atoms with Gasteiger partial charge in [-0.2, -0.15) is 0 Å². The van der Waals surface area contributed by atoms with Gasteiger partial charge < -0.3 is 5.32 Å². The van der Waals surface area contributed by atoms with Gasteiger partial charge in [-0.3, -0.25) is 24.6 Å². The van der Waals surface area contributed by atoms with Crippen molar-refractivity contribution >= 4 is 44.6 Å². The minimum Gasteiger partial charge on any atom is -0.322 e. The van der Waals surface area contributed by atoms with E-state index in [1.807, 2.05) is 6.07 Å². The molecule has 0 aliphatic heterocycles. The number of nitrogens with zero attached hydrogens (tertiary/aromatic N) is 2. The van der Waals surface area contributed by atoms with Crippen LogP contribution in [-0.4, -0.2) is 24.2 Å². The van der Waals surface area contributed by atoms with Gasteiger partial charge in [-0.25, -0.2) is 8.42 Å². The maximum Gasteiger partial charge on any atom is 0.270 e. The molecule has 0 bridgehead atoms. The molecule has 0 fully saturated rings. The number of nitrogens with one attached hydrogen (secondary N) is 2. The van der Waals surface area contributed by atoms with Crippen molar-refractivity contribution in [3.05, 3.63) is 125 Å². The quantitative estimate of drug-likeness (QED) is 0.152. The molecule has 1 heterocycles. The molecule has 0 saturated heterocycles. The van der Waals surface area contributed by atoms with Crippen LogP contribution in [0.25, 0.3) is 11.6 Å². The van der Waals surface area contributed by atoms with Crippen LogP contribution in [-0.2, 0) is 14.8 Å². The van der Waals surface area contributed by atoms with Crippen LogP contribution in [0.1, 0.15) is 11.1 Å². The molecule has 0 atom stereocenters. The van der Waals surface area contributed by atoms with Crippen LogP contribution in [0, 0.1) is 10.1 Å². The highest BCUT2D eigenvalue weighted by Crippen LogP contribution is 2.24. The van der Waals surface area contributed by atoms with Gasteiger partial charge in [0.15, 0.2) is 0 Å². The maximum atomic E-state index is 13.2. The van der Waals surface area contributed by atoms with Gasteiger partial charge in [0.2, 0.25) is 0 Å². The third-order valence-corrected chi connectivity index (χ3v) is 6.45. The van der Waals surface area contributed by atoms with Gasteiger partial charge >= 0.3 is 0 Å². The molecule has 2 N–H and O–H groups in total. The molecule has 0 unspecified atom stereocenters. The molecule has 1 aromatic heterocycles. The Morgan fingerprint density at radius 3 is 2.31 bits per heavy atom. The second-order valence-electron chi connectivity index (χ2n) is 7.60. The number of carbonyl (C=O) groups excluding carboxylic acids is 1. The number of nitro groups is 1. The molecule has 10 heteroatoms. The number of carbonyl (C=O) groups is 1. The summed E-state index contributed by atoms with van der Waals surface area (Å²) in [6.07, 6.45) is 4.49. The fourth-order valence-electron chi connectivity index (χ4n) is 3.35. The van der Waals surface area contributed by atoms with Crippen LogP contribution in [0.5, 0.6) is 0 Å². The third kappa shape index (κ3) is 5.99. The normalized spacial score (nSPS) is 11.5. The molecule has 0 saturated carbocycles. The monoisotopic (exact) mass is 500 g/mol. The highest BCUT2D eigenvalue weighted by Gasteiger charge is 2.16. The number of non-ortho nitro benzene ring substituents is 1. The predicted octanol–water partition coefficient (Wildman–Crippen LogP) is 4.97. The molecule has 180 valence electrons. The first-order valence-electron chi connectivity index (χ1n) is 10.7. The van der Waals surface area contributed by atoms with Gasteiger partial charge in [-0.15, -0.1) is 0 Å². The Balaban J connectivity index is 1.58. The molecule has 4 rings (SSSR count). The van der Waals surface area contributed by atoms with E-state index >= 15 is 0 Å². The topological polar surface area (TPSA) is 131 Å². The summed E-state index contributed by atoms with van der Waals surface area (Å²) in [6, 6.07) is 23.7. The zero-order chi connectivity index (χ0) is 25.5. The van der Waals surface area contributed by atoms with Gasteiger partial charge in [-0.05, 0) is 53.6 Å². The van der Waals surface area contributed by atoms with Gasteiger partial charge in [0.1, 0.15) is 0 Å². The molecule has 3 aromatic carbocycles. The van der Waals surface area contributed by atoms with E-state index in [0.717, 1.165) is 0 Å². The minimum atomic E-state index is -3.84. The summed E-state index contributed by atoms with van der Waals surface area (Å²) in [4.78, 5) is 27.7. The van der Waals surface area contributed by atoms with Gasteiger partial charge in [0.05, 0.1) is 21.7 Å². The predicted molar refractivity (Wildman–Crippen MR) is 138 cm³/mol. The molecular formula is C26H20N4O5S. The molecule has 0 radical (unpaired) electrons. The smallest absolute Gasteiger partial charge is 0.270 e. The van der Waals surface area contributed by atoms with Crippen LogP contribution in [0.2, 0.25) is 0 Å². The highest BCUT2D eigenvalue weighted by molar-refractivity contribution is 7.92. The molecule has 36 heavy (non-hydrogen) atoms. The summed E-state index contributed by atoms with van der Waals surface area (Å²) < 4.78 is 27.7. The van der Waals surface area contributed by atoms with Crippen molar-refractivity contribution in [3.8, 4) is 0 Å². The summed E-state index contributed by atoms with van der Waals surface area (Å²) in [5.74, 6) is -0.461. The summed E-state index contributed by atoms with van der Waals surface area (Å²) in [5.41, 5.74) is 2.00. The lowest BCUT2D eigenvalue weighted by atomic mass is 10.0. The fraction of sp³-hybridized carbons (Fsp3) is 0. The second-order valence-corrected chi connectivity index (χ2v) is 9.28. The number of aromatic nitrogens is 1. The first-order valence-corrected chi connectivity index (χ1v) is 12.2. The number of benzene rings is 3. The van der Waals surface area contributed by atoms with Gasteiger partial charge in [0, 0.05) is 29.6 Å². The number of rotatable bonds is 8. The molecular weight excluding hydrogens is 480 g/mol. The van der Waals surface area contributed by atoms with Gasteiger partial charge in [0.25, 0.3) is 21.6 Å². The summed E-state index contributed by atoms with van der Waals surface area (Å²) in [6.45, 7) is 0. The molecule has 9 nitrogen and oxygen atoms in total. The van der Waals surface area contributed by atoms with Crippen molar-refractivity contribution in [1.29, 1.82) is 0 Å². The number of anilines is 2. The second kappa shape index (κ2) is 10.6. The first kappa shape index (κ1) is 24.3. The van der Waals surface area contributed by atoms with Crippen molar-refractivity contribution < 1.29 is 18.1 Å². The molecule has 0 spiro atoms. The van der Waals surface area contributed by atoms with E-state index in [0.29, 0.717) is 22.5 Å². The molecule has 0 aliphatic carbocycles. The van der Waals surface area contributed by atoms with Crippen LogP contribution < -0.4 is 10.0 Å². The Bertz CT molecular complexity index is 1520. The fourth-order valence-corrected chi connectivity index (χ4v) is 4.39. The van der Waals surface area contributed by atoms with Crippen molar-refractivity contribution in [2.75, 3.05) is 10.0 Å². The maximum absolute atomic E-state index is 13.2. The van der Waals surface area contributed by atoms with E-state index < -0.39 is 20.9 Å². The first-order chi connectivity index (χ1) is 17.3. The Kier molecular flexibility index (Phi) is 7.17. The lowest BCUT2D eigenvalue weighted by molar-refractivity contribution is -0.384. The average molecular weight is 501 g/mol. The number of sulfonamides is 1. The van der Waals surface area contributed by atoms with E-state index in [1.165, 1.54) is 48.8 Å². The molecule has 1 amide bonds. The Hall–Kier alpha value is -4.83. The molecule has 0 aliphatic rings. The zero-order valence-corrected chi connectivity index (χ0v) is 19.6. The minimum absolute atomic E-state index is 0.0137. The number of hydrogen-bond donors (Lipinski definition) is 2. The van der Waals surface area contributed by atoms with Crippen LogP contribution in [0.4, 0.5) is 17.1 Å². The molecule has 4 aromatic rings. The van der Waals surface area contributed by atoms with Crippen LogP contribution in [0.15, 0.2) is 108 Å². The summed E-state index contributed by atoms with van der Waals surface area (Å²) >= 11 is 0. The number of pyridine rings is 1. The Labute approximate surface area is 207 Å². The van der Waals surface area contributed by atoms with Crippen molar-refractivity contribution in [1.82, 2.24) is 4.98 Å². The van der Waals surface area contributed by atoms with E-state index in [1.54, 1.807) is 54.6 Å². The third-order valence-electron chi connectivity index (χ3n) is 5.06. The number of nitro benzene ring substituents is 1. The number of hydrogen-bond acceptors (Lipinski definition) is 6.